The van der Waals surface area contributed by atoms with Gasteiger partial charge in [-0.3, -0.25) is 0 Å². The van der Waals surface area contributed by atoms with Gasteiger partial charge in [0.15, 0.2) is 0 Å². The summed E-state index contributed by atoms with van der Waals surface area (Å²) in [6, 6.07) is 7.90. The molecule has 0 fully saturated rings. The third-order valence-corrected chi connectivity index (χ3v) is 2.11. The molecule has 0 amide bonds. The van der Waals surface area contributed by atoms with Gasteiger partial charge in [-0.25, -0.2) is 0 Å². The summed E-state index contributed by atoms with van der Waals surface area (Å²) in [7, 11) is 0. The van der Waals surface area contributed by atoms with E-state index in [1.54, 1.807) is 0 Å². The van der Waals surface area contributed by atoms with Crippen LogP contribution in [0.5, 0.6) is 5.75 Å². The van der Waals surface area contributed by atoms with Crippen molar-refractivity contribution in [2.24, 2.45) is 0 Å². The van der Waals surface area contributed by atoms with Gasteiger partial charge in [0.25, 0.3) is 0 Å². The van der Waals surface area contributed by atoms with Crippen molar-refractivity contribution in [3.63, 3.8) is 0 Å². The molecule has 1 atom stereocenters. The van der Waals surface area contributed by atoms with Gasteiger partial charge in [-0.2, -0.15) is 5.26 Å². The summed E-state index contributed by atoms with van der Waals surface area (Å²) in [4.78, 5) is 0. The van der Waals surface area contributed by atoms with Gasteiger partial charge in [-0.1, -0.05) is 12.1 Å². The van der Waals surface area contributed by atoms with Crippen LogP contribution in [0.25, 0.3) is 0 Å². The van der Waals surface area contributed by atoms with Crippen LogP contribution in [0.15, 0.2) is 18.2 Å². The molecule has 1 aromatic carbocycles. The van der Waals surface area contributed by atoms with E-state index in [0.29, 0.717) is 6.54 Å². The molecule has 2 rings (SSSR count). The first-order valence-corrected chi connectivity index (χ1v) is 4.21. The third-order valence-electron chi connectivity index (χ3n) is 2.11. The molecule has 3 nitrogen and oxygen atoms in total. The number of nitriles is 1. The molecule has 3 heteroatoms. The molecule has 0 saturated heterocycles. The van der Waals surface area contributed by atoms with Crippen molar-refractivity contribution in [3.8, 4) is 11.8 Å². The van der Waals surface area contributed by atoms with Crippen LogP contribution in [0.3, 0.4) is 0 Å². The van der Waals surface area contributed by atoms with Crippen LogP contribution in [-0.2, 0) is 0 Å². The van der Waals surface area contributed by atoms with Crippen molar-refractivity contribution < 1.29 is 4.74 Å². The maximum atomic E-state index is 8.67. The van der Waals surface area contributed by atoms with E-state index >= 15 is 0 Å². The fourth-order valence-corrected chi connectivity index (χ4v) is 1.43. The molecule has 1 aliphatic rings. The number of rotatable bonds is 0. The number of hydrogen-bond donors (Lipinski definition) is 1. The number of anilines is 1. The Kier molecular flexibility index (Phi) is 1.82. The van der Waals surface area contributed by atoms with E-state index < -0.39 is 0 Å². The highest BCUT2D eigenvalue weighted by Gasteiger charge is 2.18. The highest BCUT2D eigenvalue weighted by molar-refractivity contribution is 5.63. The molecular weight excluding hydrogens is 164 g/mol. The first-order valence-electron chi connectivity index (χ1n) is 4.21. The number of nitrogens with zero attached hydrogens (tertiary/aromatic N) is 1. The maximum Gasteiger partial charge on any atom is 0.201 e. The zero-order valence-electron chi connectivity index (χ0n) is 7.37. The Morgan fingerprint density at radius 2 is 2.46 bits per heavy atom. The van der Waals surface area contributed by atoms with Gasteiger partial charge in [0, 0.05) is 0 Å². The molecule has 0 spiro atoms. The normalized spacial score (nSPS) is 19.2. The second-order valence-corrected chi connectivity index (χ2v) is 3.06. The Hall–Kier alpha value is -1.69. The smallest absolute Gasteiger partial charge is 0.201 e. The summed E-state index contributed by atoms with van der Waals surface area (Å²) < 4.78 is 5.44. The lowest BCUT2D eigenvalue weighted by Gasteiger charge is -2.24. The van der Waals surface area contributed by atoms with Gasteiger partial charge in [0.2, 0.25) is 6.10 Å². The van der Waals surface area contributed by atoms with Crippen molar-refractivity contribution in [1.29, 1.82) is 5.26 Å². The molecule has 0 bridgehead atoms. The summed E-state index contributed by atoms with van der Waals surface area (Å²) in [5.41, 5.74) is 2.16. The van der Waals surface area contributed by atoms with Crippen molar-refractivity contribution in [2.45, 2.75) is 13.0 Å². The SMILES string of the molecule is Cc1cccc2c1NCC(C#N)O2. The summed E-state index contributed by atoms with van der Waals surface area (Å²) in [5, 5.41) is 11.9. The topological polar surface area (TPSA) is 45.0 Å². The molecule has 1 aromatic rings. The number of ether oxygens (including phenoxy) is 1. The minimum absolute atomic E-state index is 0.366. The van der Waals surface area contributed by atoms with Crippen LogP contribution in [0.1, 0.15) is 5.56 Å². The van der Waals surface area contributed by atoms with E-state index in [4.69, 9.17) is 10.00 Å². The molecule has 1 unspecified atom stereocenters. The molecule has 0 aliphatic carbocycles. The number of nitrogens with one attached hydrogen (secondary N) is 1. The minimum Gasteiger partial charge on any atom is -0.472 e. The first kappa shape index (κ1) is 7.93. The number of fused-ring (bicyclic) bond motifs is 1. The molecule has 13 heavy (non-hydrogen) atoms. The molecule has 0 saturated carbocycles. The number of benzene rings is 1. The second-order valence-electron chi connectivity index (χ2n) is 3.06. The predicted octanol–water partition coefficient (Wildman–Crippen LogP) is 1.69. The lowest BCUT2D eigenvalue weighted by atomic mass is 10.1. The lowest BCUT2D eigenvalue weighted by Crippen LogP contribution is -2.29. The molecule has 1 aliphatic heterocycles. The van der Waals surface area contributed by atoms with Gasteiger partial charge in [0.1, 0.15) is 11.8 Å². The van der Waals surface area contributed by atoms with Crippen LogP contribution in [0, 0.1) is 18.3 Å². The average molecular weight is 174 g/mol. The Morgan fingerprint density at radius 1 is 1.62 bits per heavy atom. The number of para-hydroxylation sites is 1. The van der Waals surface area contributed by atoms with Gasteiger partial charge in [-0.05, 0) is 18.6 Å². The van der Waals surface area contributed by atoms with Crippen LogP contribution in [-0.4, -0.2) is 12.6 Å². The van der Waals surface area contributed by atoms with E-state index in [2.05, 4.69) is 11.4 Å². The molecule has 0 aromatic heterocycles. The van der Waals surface area contributed by atoms with Gasteiger partial charge < -0.3 is 10.1 Å². The van der Waals surface area contributed by atoms with E-state index in [0.717, 1.165) is 17.0 Å². The van der Waals surface area contributed by atoms with E-state index in [1.807, 2.05) is 25.1 Å². The zero-order valence-corrected chi connectivity index (χ0v) is 7.37. The van der Waals surface area contributed by atoms with Gasteiger partial charge in [0.05, 0.1) is 12.2 Å². The first-order chi connectivity index (χ1) is 6.31. The van der Waals surface area contributed by atoms with Crippen LogP contribution < -0.4 is 10.1 Å². The van der Waals surface area contributed by atoms with Crippen molar-refractivity contribution in [2.75, 3.05) is 11.9 Å². The number of aryl methyl sites for hydroxylation is 1. The van der Waals surface area contributed by atoms with Crippen molar-refractivity contribution in [3.05, 3.63) is 23.8 Å². The van der Waals surface area contributed by atoms with Crippen LogP contribution in [0.2, 0.25) is 0 Å². The highest BCUT2D eigenvalue weighted by atomic mass is 16.5. The lowest BCUT2D eigenvalue weighted by molar-refractivity contribution is 0.259. The highest BCUT2D eigenvalue weighted by Crippen LogP contribution is 2.31. The van der Waals surface area contributed by atoms with E-state index in [1.165, 1.54) is 0 Å². The zero-order chi connectivity index (χ0) is 9.26. The number of hydrogen-bond acceptors (Lipinski definition) is 3. The fraction of sp³-hybridized carbons (Fsp3) is 0.300. The monoisotopic (exact) mass is 174 g/mol. The summed E-state index contributed by atoms with van der Waals surface area (Å²) in [6.45, 7) is 2.58. The van der Waals surface area contributed by atoms with Crippen LogP contribution >= 0.6 is 0 Å². The summed E-state index contributed by atoms with van der Waals surface area (Å²) in [5.74, 6) is 0.776. The molecule has 1 N–H and O–H groups in total. The minimum atomic E-state index is -0.366. The van der Waals surface area contributed by atoms with Gasteiger partial charge >= 0.3 is 0 Å². The summed E-state index contributed by atoms with van der Waals surface area (Å²) in [6.07, 6.45) is -0.366. The van der Waals surface area contributed by atoms with Crippen molar-refractivity contribution >= 4 is 5.69 Å². The Morgan fingerprint density at radius 3 is 3.23 bits per heavy atom. The standard InChI is InChI=1S/C10H10N2O/c1-7-3-2-4-9-10(7)12-6-8(5-11)13-9/h2-4,8,12H,6H2,1H3. The average Bonchev–Trinajstić information content (AvgIpc) is 2.18. The van der Waals surface area contributed by atoms with Crippen LogP contribution in [0.4, 0.5) is 5.69 Å². The third kappa shape index (κ3) is 1.31. The Balaban J connectivity index is 2.37. The Bertz CT molecular complexity index is 368. The van der Waals surface area contributed by atoms with E-state index in [-0.39, 0.29) is 6.10 Å². The molecule has 1 heterocycles. The van der Waals surface area contributed by atoms with Gasteiger partial charge in [-0.15, -0.1) is 0 Å². The molecule has 0 radical (unpaired) electrons. The maximum absolute atomic E-state index is 8.67. The second kappa shape index (κ2) is 2.98. The quantitative estimate of drug-likeness (QED) is 0.651. The largest absolute Gasteiger partial charge is 0.472 e. The fourth-order valence-electron chi connectivity index (χ4n) is 1.43. The summed E-state index contributed by atoms with van der Waals surface area (Å²) >= 11 is 0. The predicted molar refractivity (Wildman–Crippen MR) is 49.7 cm³/mol. The van der Waals surface area contributed by atoms with E-state index in [9.17, 15) is 0 Å². The Labute approximate surface area is 76.9 Å². The van der Waals surface area contributed by atoms with Crippen molar-refractivity contribution in [1.82, 2.24) is 0 Å². The molecule has 66 valence electrons. The molecular formula is C10H10N2O.